The Labute approximate surface area is 159 Å². The lowest BCUT2D eigenvalue weighted by Gasteiger charge is -2.29. The summed E-state index contributed by atoms with van der Waals surface area (Å²) in [7, 11) is 0. The fraction of sp³-hybridized carbons (Fsp3) is 0.588. The number of rotatable bonds is 11. The van der Waals surface area contributed by atoms with Gasteiger partial charge in [-0.05, 0) is 20.8 Å². The highest BCUT2D eigenvalue weighted by Gasteiger charge is 2.41. The molecule has 0 saturated carbocycles. The summed E-state index contributed by atoms with van der Waals surface area (Å²) in [6, 6.07) is 0. The third-order valence-corrected chi connectivity index (χ3v) is 2.72. The Hall–Kier alpha value is -2.59. The first-order valence-electron chi connectivity index (χ1n) is 8.42. The number of carbonyl (C=O) groups is 2. The Balaban J connectivity index is 5.68. The number of alkyl carbamates (subject to hydrolysis) is 1. The lowest BCUT2D eigenvalue weighted by molar-refractivity contribution is -0.145. The zero-order valence-electron chi connectivity index (χ0n) is 16.3. The molecule has 0 aromatic carbocycles. The topological polar surface area (TPSA) is 131 Å². The zero-order valence-corrected chi connectivity index (χ0v) is 16.3. The van der Waals surface area contributed by atoms with Gasteiger partial charge in [0, 0.05) is 6.42 Å². The van der Waals surface area contributed by atoms with Crippen LogP contribution in [0.25, 0.3) is 0 Å². The fourth-order valence-corrected chi connectivity index (χ4v) is 1.78. The minimum atomic E-state index is -2.00. The molecule has 0 aromatic heterocycles. The summed E-state index contributed by atoms with van der Waals surface area (Å²) in [6.45, 7) is 14.0. The minimum absolute atomic E-state index is 0.00263. The standard InChI is InChI=1S/C17H30N4O6/c1-7-10-17(13(22)23,19-15(24)27-16(4,5)6)18-14(20-25-11-8-2)21-26-12-9-3/h8-9H,2-3,7,10-12H2,1,4-6H3,(H,19,24)(H,22,23)(H2,18,20,21)/t17-/m0/s1. The first-order chi connectivity index (χ1) is 12.6. The van der Waals surface area contributed by atoms with E-state index in [4.69, 9.17) is 14.4 Å². The van der Waals surface area contributed by atoms with E-state index in [1.807, 2.05) is 0 Å². The molecule has 0 aliphatic carbocycles. The molecule has 0 aliphatic rings. The molecule has 4 N–H and O–H groups in total. The fourth-order valence-electron chi connectivity index (χ4n) is 1.78. The third kappa shape index (κ3) is 10.2. The van der Waals surface area contributed by atoms with Gasteiger partial charge >= 0.3 is 12.1 Å². The lowest BCUT2D eigenvalue weighted by atomic mass is 10.1. The normalized spacial score (nSPS) is 12.9. The maximum atomic E-state index is 12.2. The van der Waals surface area contributed by atoms with E-state index in [2.05, 4.69) is 34.4 Å². The van der Waals surface area contributed by atoms with Crippen LogP contribution in [0.4, 0.5) is 4.79 Å². The number of amides is 1. The maximum absolute atomic E-state index is 12.2. The summed E-state index contributed by atoms with van der Waals surface area (Å²) in [5.74, 6) is -1.53. The molecule has 1 amide bonds. The van der Waals surface area contributed by atoms with E-state index in [1.54, 1.807) is 27.7 Å². The SMILES string of the molecule is C=CCONC(=N[C@@](CCC)(NC(=O)OC(C)(C)C)C(=O)O)NOCC=C. The van der Waals surface area contributed by atoms with Crippen LogP contribution in [0, 0.1) is 0 Å². The predicted octanol–water partition coefficient (Wildman–Crippen LogP) is 1.86. The second-order valence-electron chi connectivity index (χ2n) is 6.41. The van der Waals surface area contributed by atoms with Crippen LogP contribution in [-0.2, 0) is 19.2 Å². The Morgan fingerprint density at radius 2 is 1.63 bits per heavy atom. The number of nitrogens with one attached hydrogen (secondary N) is 3. The van der Waals surface area contributed by atoms with Gasteiger partial charge < -0.3 is 9.84 Å². The van der Waals surface area contributed by atoms with Gasteiger partial charge in [-0.15, -0.1) is 13.2 Å². The van der Waals surface area contributed by atoms with Gasteiger partial charge in [0.15, 0.2) is 0 Å². The number of carbonyl (C=O) groups excluding carboxylic acids is 1. The number of aliphatic carboxylic acids is 1. The van der Waals surface area contributed by atoms with Gasteiger partial charge in [0.2, 0.25) is 11.6 Å². The van der Waals surface area contributed by atoms with Gasteiger partial charge in [0.25, 0.3) is 0 Å². The summed E-state index contributed by atoms with van der Waals surface area (Å²) >= 11 is 0. The predicted molar refractivity (Wildman–Crippen MR) is 101 cm³/mol. The zero-order chi connectivity index (χ0) is 20.9. The summed E-state index contributed by atoms with van der Waals surface area (Å²) in [4.78, 5) is 38.3. The van der Waals surface area contributed by atoms with Gasteiger partial charge in [0.05, 0.1) is 13.2 Å². The van der Waals surface area contributed by atoms with E-state index in [-0.39, 0.29) is 25.6 Å². The molecule has 0 aromatic rings. The molecule has 0 fully saturated rings. The van der Waals surface area contributed by atoms with Gasteiger partial charge in [-0.25, -0.2) is 25.5 Å². The molecule has 154 valence electrons. The number of ether oxygens (including phenoxy) is 1. The molecular formula is C17H30N4O6. The Bertz CT molecular complexity index is 528. The second-order valence-corrected chi connectivity index (χ2v) is 6.41. The number of carboxylic acids is 1. The van der Waals surface area contributed by atoms with Crippen molar-refractivity contribution < 1.29 is 29.1 Å². The van der Waals surface area contributed by atoms with E-state index in [1.165, 1.54) is 12.2 Å². The highest BCUT2D eigenvalue weighted by molar-refractivity contribution is 5.88. The largest absolute Gasteiger partial charge is 0.478 e. The molecule has 1 atom stereocenters. The second kappa shape index (κ2) is 11.9. The number of hydrogen-bond donors (Lipinski definition) is 4. The Morgan fingerprint density at radius 1 is 1.11 bits per heavy atom. The number of hydroxylamine groups is 2. The highest BCUT2D eigenvalue weighted by Crippen LogP contribution is 2.18. The van der Waals surface area contributed by atoms with Crippen molar-refractivity contribution in [2.24, 2.45) is 4.99 Å². The van der Waals surface area contributed by atoms with Crippen molar-refractivity contribution in [2.45, 2.75) is 51.8 Å². The molecule has 0 saturated heterocycles. The first-order valence-corrected chi connectivity index (χ1v) is 8.42. The van der Waals surface area contributed by atoms with E-state index in [9.17, 15) is 14.7 Å². The van der Waals surface area contributed by atoms with Crippen LogP contribution in [0.2, 0.25) is 0 Å². The van der Waals surface area contributed by atoms with E-state index in [0.29, 0.717) is 6.42 Å². The van der Waals surface area contributed by atoms with Crippen LogP contribution in [0.15, 0.2) is 30.3 Å². The molecule has 0 unspecified atom stereocenters. The van der Waals surface area contributed by atoms with Gasteiger partial charge in [0.1, 0.15) is 5.60 Å². The van der Waals surface area contributed by atoms with Crippen LogP contribution < -0.4 is 16.3 Å². The molecule has 0 radical (unpaired) electrons. The van der Waals surface area contributed by atoms with E-state index < -0.39 is 23.3 Å². The van der Waals surface area contributed by atoms with Crippen molar-refractivity contribution >= 4 is 18.0 Å². The number of carboxylic acid groups (broad SMARTS) is 1. The van der Waals surface area contributed by atoms with E-state index in [0.717, 1.165) is 0 Å². The van der Waals surface area contributed by atoms with Crippen LogP contribution in [-0.4, -0.2) is 47.6 Å². The van der Waals surface area contributed by atoms with Gasteiger partial charge in [-0.2, -0.15) is 0 Å². The average molecular weight is 386 g/mol. The van der Waals surface area contributed by atoms with Crippen molar-refractivity contribution in [3.8, 4) is 0 Å². The van der Waals surface area contributed by atoms with Crippen LogP contribution in [0.5, 0.6) is 0 Å². The summed E-state index contributed by atoms with van der Waals surface area (Å²) < 4.78 is 5.16. The smallest absolute Gasteiger partial charge is 0.410 e. The Morgan fingerprint density at radius 3 is 2.00 bits per heavy atom. The number of guanidine groups is 1. The lowest BCUT2D eigenvalue weighted by Crippen LogP contribution is -2.56. The molecule has 0 aliphatic heterocycles. The molecule has 0 bridgehead atoms. The van der Waals surface area contributed by atoms with Crippen molar-refractivity contribution in [1.29, 1.82) is 0 Å². The molecule has 10 heteroatoms. The Kier molecular flexibility index (Phi) is 10.8. The highest BCUT2D eigenvalue weighted by atomic mass is 16.7. The monoisotopic (exact) mass is 386 g/mol. The quantitative estimate of drug-likeness (QED) is 0.139. The molecule has 0 spiro atoms. The van der Waals surface area contributed by atoms with Crippen molar-refractivity contribution in [3.05, 3.63) is 25.3 Å². The van der Waals surface area contributed by atoms with Gasteiger partial charge in [-0.1, -0.05) is 25.5 Å². The number of nitrogens with zero attached hydrogens (tertiary/aromatic N) is 1. The maximum Gasteiger partial charge on any atom is 0.410 e. The molecule has 27 heavy (non-hydrogen) atoms. The molecule has 0 heterocycles. The molecule has 10 nitrogen and oxygen atoms in total. The summed E-state index contributed by atoms with van der Waals surface area (Å²) in [5.41, 5.74) is 2.04. The van der Waals surface area contributed by atoms with Crippen molar-refractivity contribution in [1.82, 2.24) is 16.3 Å². The third-order valence-electron chi connectivity index (χ3n) is 2.72. The van der Waals surface area contributed by atoms with Crippen molar-refractivity contribution in [2.75, 3.05) is 13.2 Å². The van der Waals surface area contributed by atoms with Crippen LogP contribution >= 0.6 is 0 Å². The number of hydrogen-bond acceptors (Lipinski definition) is 6. The molecular weight excluding hydrogens is 356 g/mol. The van der Waals surface area contributed by atoms with Crippen LogP contribution in [0.1, 0.15) is 40.5 Å². The average Bonchev–Trinajstić information content (AvgIpc) is 2.53. The number of aliphatic imine (C=N–C) groups is 1. The summed E-state index contributed by atoms with van der Waals surface area (Å²) in [6.07, 6.45) is 2.45. The summed E-state index contributed by atoms with van der Waals surface area (Å²) in [5, 5.41) is 12.1. The molecule has 0 rings (SSSR count). The van der Waals surface area contributed by atoms with Gasteiger partial charge in [-0.3, -0.25) is 15.0 Å². The first kappa shape index (κ1) is 24.4. The van der Waals surface area contributed by atoms with Crippen LogP contribution in [0.3, 0.4) is 0 Å². The van der Waals surface area contributed by atoms with Crippen molar-refractivity contribution in [3.63, 3.8) is 0 Å². The minimum Gasteiger partial charge on any atom is -0.478 e. The van der Waals surface area contributed by atoms with E-state index >= 15 is 0 Å².